The molecule has 0 aromatic carbocycles. The maximum Gasteiger partial charge on any atom is 0.224 e. The molecule has 7 heteroatoms. The summed E-state index contributed by atoms with van der Waals surface area (Å²) in [5.74, 6) is 1.65. The maximum atomic E-state index is 12.1. The first-order chi connectivity index (χ1) is 11.6. The van der Waals surface area contributed by atoms with Crippen LogP contribution in [0.4, 0.5) is 5.82 Å². The second-order valence-corrected chi connectivity index (χ2v) is 6.25. The van der Waals surface area contributed by atoms with Gasteiger partial charge in [0.1, 0.15) is 5.82 Å². The number of aryl methyl sites for hydroxylation is 2. The molecule has 1 aliphatic rings. The van der Waals surface area contributed by atoms with Crippen molar-refractivity contribution in [3.8, 4) is 5.82 Å². The fourth-order valence-corrected chi connectivity index (χ4v) is 3.18. The first-order valence-corrected chi connectivity index (χ1v) is 8.47. The molecule has 0 spiro atoms. The SMILES string of the molecule is CCNC(=O)[C@H]1CCCN(c2cncc(-n3nc(C)cc3C)n2)C1. The zero-order chi connectivity index (χ0) is 17.1. The summed E-state index contributed by atoms with van der Waals surface area (Å²) in [6.07, 6.45) is 5.38. The third-order valence-electron chi connectivity index (χ3n) is 4.30. The van der Waals surface area contributed by atoms with Crippen LogP contribution in [0.25, 0.3) is 5.82 Å². The van der Waals surface area contributed by atoms with Crippen LogP contribution in [-0.4, -0.2) is 45.3 Å². The highest BCUT2D eigenvalue weighted by molar-refractivity contribution is 5.79. The summed E-state index contributed by atoms with van der Waals surface area (Å²) in [5.41, 5.74) is 1.98. The van der Waals surface area contributed by atoms with E-state index in [1.165, 1.54) is 0 Å². The third-order valence-corrected chi connectivity index (χ3v) is 4.30. The molecule has 0 saturated carbocycles. The molecule has 3 rings (SSSR count). The Balaban J connectivity index is 1.81. The Bertz CT molecular complexity index is 726. The number of nitrogens with one attached hydrogen (secondary N) is 1. The molecule has 2 aromatic rings. The van der Waals surface area contributed by atoms with Gasteiger partial charge in [-0.05, 0) is 39.7 Å². The van der Waals surface area contributed by atoms with Gasteiger partial charge in [0.05, 0.1) is 24.0 Å². The number of carbonyl (C=O) groups excluding carboxylic acids is 1. The van der Waals surface area contributed by atoms with Gasteiger partial charge >= 0.3 is 0 Å². The monoisotopic (exact) mass is 328 g/mol. The van der Waals surface area contributed by atoms with E-state index >= 15 is 0 Å². The standard InChI is InChI=1S/C17H24N6O/c1-4-19-17(24)14-6-5-7-22(11-14)15-9-18-10-16(20-15)23-13(3)8-12(2)21-23/h8-10,14H,4-7,11H2,1-3H3,(H,19,24)/t14-/m0/s1. The molecule has 0 bridgehead atoms. The summed E-state index contributed by atoms with van der Waals surface area (Å²) in [7, 11) is 0. The minimum absolute atomic E-state index is 0.0119. The number of nitrogens with zero attached hydrogens (tertiary/aromatic N) is 5. The summed E-state index contributed by atoms with van der Waals surface area (Å²) in [5, 5.41) is 7.38. The van der Waals surface area contributed by atoms with Gasteiger partial charge in [0.2, 0.25) is 5.91 Å². The number of rotatable bonds is 4. The molecular weight excluding hydrogens is 304 g/mol. The zero-order valence-corrected chi connectivity index (χ0v) is 14.5. The van der Waals surface area contributed by atoms with Gasteiger partial charge in [0.15, 0.2) is 5.82 Å². The Morgan fingerprint density at radius 3 is 2.83 bits per heavy atom. The van der Waals surface area contributed by atoms with Crippen molar-refractivity contribution in [1.82, 2.24) is 25.1 Å². The topological polar surface area (TPSA) is 75.9 Å². The van der Waals surface area contributed by atoms with E-state index in [1.54, 1.807) is 17.1 Å². The molecule has 1 N–H and O–H groups in total. The third kappa shape index (κ3) is 3.39. The molecule has 7 nitrogen and oxygen atoms in total. The van der Waals surface area contributed by atoms with E-state index in [0.717, 1.165) is 36.6 Å². The van der Waals surface area contributed by atoms with Crippen LogP contribution in [0.5, 0.6) is 0 Å². The molecule has 1 amide bonds. The van der Waals surface area contributed by atoms with Crippen LogP contribution in [0.15, 0.2) is 18.5 Å². The van der Waals surface area contributed by atoms with Crippen molar-refractivity contribution in [2.75, 3.05) is 24.5 Å². The van der Waals surface area contributed by atoms with Crippen LogP contribution in [-0.2, 0) is 4.79 Å². The van der Waals surface area contributed by atoms with Crippen molar-refractivity contribution in [2.45, 2.75) is 33.6 Å². The average molecular weight is 328 g/mol. The van der Waals surface area contributed by atoms with Crippen molar-refractivity contribution in [3.05, 3.63) is 29.8 Å². The van der Waals surface area contributed by atoms with Crippen LogP contribution < -0.4 is 10.2 Å². The van der Waals surface area contributed by atoms with Gasteiger partial charge in [-0.3, -0.25) is 9.78 Å². The van der Waals surface area contributed by atoms with E-state index in [4.69, 9.17) is 4.98 Å². The first kappa shape index (κ1) is 16.4. The van der Waals surface area contributed by atoms with Crippen molar-refractivity contribution in [3.63, 3.8) is 0 Å². The number of carbonyl (C=O) groups is 1. The molecule has 0 aliphatic carbocycles. The normalized spacial score (nSPS) is 17.8. The van der Waals surface area contributed by atoms with Gasteiger partial charge in [0.25, 0.3) is 0 Å². The number of aromatic nitrogens is 4. The lowest BCUT2D eigenvalue weighted by Crippen LogP contribution is -2.43. The molecule has 1 aliphatic heterocycles. The number of hydrogen-bond donors (Lipinski definition) is 1. The van der Waals surface area contributed by atoms with Crippen molar-refractivity contribution >= 4 is 11.7 Å². The molecule has 0 radical (unpaired) electrons. The maximum absolute atomic E-state index is 12.1. The highest BCUT2D eigenvalue weighted by Gasteiger charge is 2.26. The minimum Gasteiger partial charge on any atom is -0.356 e. The van der Waals surface area contributed by atoms with E-state index in [1.807, 2.05) is 26.8 Å². The highest BCUT2D eigenvalue weighted by atomic mass is 16.1. The number of amides is 1. The largest absolute Gasteiger partial charge is 0.356 e. The van der Waals surface area contributed by atoms with E-state index in [2.05, 4.69) is 20.3 Å². The Labute approximate surface area is 142 Å². The smallest absolute Gasteiger partial charge is 0.224 e. The van der Waals surface area contributed by atoms with Gasteiger partial charge in [-0.2, -0.15) is 5.10 Å². The quantitative estimate of drug-likeness (QED) is 0.923. The fourth-order valence-electron chi connectivity index (χ4n) is 3.18. The summed E-state index contributed by atoms with van der Waals surface area (Å²) < 4.78 is 1.80. The van der Waals surface area contributed by atoms with E-state index < -0.39 is 0 Å². The number of hydrogen-bond acceptors (Lipinski definition) is 5. The molecule has 1 fully saturated rings. The molecule has 3 heterocycles. The van der Waals surface area contributed by atoms with Gasteiger partial charge in [-0.25, -0.2) is 9.67 Å². The minimum atomic E-state index is 0.0119. The predicted octanol–water partition coefficient (Wildman–Crippen LogP) is 1.63. The van der Waals surface area contributed by atoms with Crippen LogP contribution in [0, 0.1) is 19.8 Å². The van der Waals surface area contributed by atoms with E-state index in [-0.39, 0.29) is 11.8 Å². The van der Waals surface area contributed by atoms with Gasteiger partial charge in [0, 0.05) is 25.3 Å². The van der Waals surface area contributed by atoms with Crippen molar-refractivity contribution < 1.29 is 4.79 Å². The lowest BCUT2D eigenvalue weighted by molar-refractivity contribution is -0.125. The van der Waals surface area contributed by atoms with Crippen LogP contribution in [0.1, 0.15) is 31.2 Å². The summed E-state index contributed by atoms with van der Waals surface area (Å²) >= 11 is 0. The van der Waals surface area contributed by atoms with Gasteiger partial charge in [-0.15, -0.1) is 0 Å². The Morgan fingerprint density at radius 1 is 1.33 bits per heavy atom. The number of anilines is 1. The Hall–Kier alpha value is -2.44. The second-order valence-electron chi connectivity index (χ2n) is 6.25. The fraction of sp³-hybridized carbons (Fsp3) is 0.529. The molecule has 1 atom stereocenters. The lowest BCUT2D eigenvalue weighted by Gasteiger charge is -2.32. The van der Waals surface area contributed by atoms with Crippen molar-refractivity contribution in [2.24, 2.45) is 5.92 Å². The molecule has 0 unspecified atom stereocenters. The van der Waals surface area contributed by atoms with Crippen LogP contribution in [0.2, 0.25) is 0 Å². The van der Waals surface area contributed by atoms with Crippen LogP contribution >= 0.6 is 0 Å². The molecule has 1 saturated heterocycles. The molecular formula is C17H24N6O. The molecule has 24 heavy (non-hydrogen) atoms. The summed E-state index contributed by atoms with van der Waals surface area (Å²) in [4.78, 5) is 23.3. The Kier molecular flexibility index (Phi) is 4.78. The molecule has 2 aromatic heterocycles. The van der Waals surface area contributed by atoms with Crippen LogP contribution in [0.3, 0.4) is 0 Å². The van der Waals surface area contributed by atoms with Gasteiger partial charge in [-0.1, -0.05) is 0 Å². The predicted molar refractivity (Wildman–Crippen MR) is 92.2 cm³/mol. The lowest BCUT2D eigenvalue weighted by atomic mass is 9.97. The highest BCUT2D eigenvalue weighted by Crippen LogP contribution is 2.22. The van der Waals surface area contributed by atoms with E-state index in [0.29, 0.717) is 18.9 Å². The zero-order valence-electron chi connectivity index (χ0n) is 14.5. The van der Waals surface area contributed by atoms with Gasteiger partial charge < -0.3 is 10.2 Å². The first-order valence-electron chi connectivity index (χ1n) is 8.47. The van der Waals surface area contributed by atoms with E-state index in [9.17, 15) is 4.79 Å². The average Bonchev–Trinajstić information content (AvgIpc) is 2.94. The molecule has 128 valence electrons. The number of piperidine rings is 1. The summed E-state index contributed by atoms with van der Waals surface area (Å²) in [6.45, 7) is 8.15. The summed E-state index contributed by atoms with van der Waals surface area (Å²) in [6, 6.07) is 2.01. The Morgan fingerprint density at radius 2 is 2.12 bits per heavy atom. The van der Waals surface area contributed by atoms with Crippen molar-refractivity contribution in [1.29, 1.82) is 0 Å². The second kappa shape index (κ2) is 6.98.